The number of rotatable bonds is 5. The molecule has 0 spiro atoms. The Bertz CT molecular complexity index is 1140. The average molecular weight is 464 g/mol. The van der Waals surface area contributed by atoms with Crippen LogP contribution in [0.4, 0.5) is 0 Å². The van der Waals surface area contributed by atoms with Crippen molar-refractivity contribution in [1.82, 2.24) is 4.90 Å². The highest BCUT2D eigenvalue weighted by Crippen LogP contribution is 2.42. The number of benzene rings is 3. The number of aromatic hydroxyl groups is 1. The van der Waals surface area contributed by atoms with Gasteiger partial charge in [0.15, 0.2) is 5.76 Å². The number of hydrogen-bond acceptors (Lipinski definition) is 4. The van der Waals surface area contributed by atoms with Gasteiger partial charge in [0.2, 0.25) is 5.78 Å². The van der Waals surface area contributed by atoms with E-state index in [2.05, 4.69) is 33.0 Å². The number of Topliss-reactive ketones (excluding diaryl/α,β-unsaturated/α-hetero) is 1. The normalized spacial score (nSPS) is 14.3. The number of phenolic OH excluding ortho intramolecular Hbond substituents is 1. The molecule has 0 aromatic heterocycles. The van der Waals surface area contributed by atoms with Gasteiger partial charge in [-0.25, -0.2) is 0 Å². The van der Waals surface area contributed by atoms with Crippen LogP contribution < -0.4 is 4.74 Å². The van der Waals surface area contributed by atoms with Crippen molar-refractivity contribution in [3.8, 4) is 11.5 Å². The number of halogens is 1. The molecule has 4 nitrogen and oxygen atoms in total. The number of ketones is 1. The molecule has 1 aliphatic heterocycles. The van der Waals surface area contributed by atoms with Gasteiger partial charge in [0, 0.05) is 17.6 Å². The summed E-state index contributed by atoms with van der Waals surface area (Å²) in [4.78, 5) is 15.1. The minimum absolute atomic E-state index is 0.141. The summed E-state index contributed by atoms with van der Waals surface area (Å²) < 4.78 is 6.94. The highest BCUT2D eigenvalue weighted by molar-refractivity contribution is 9.10. The van der Waals surface area contributed by atoms with E-state index in [9.17, 15) is 9.90 Å². The number of carbonyl (C=O) groups excluding carboxylic acids is 1. The zero-order valence-corrected chi connectivity index (χ0v) is 18.4. The Hall–Kier alpha value is -2.89. The summed E-state index contributed by atoms with van der Waals surface area (Å²) in [6.07, 6.45) is 1.74. The molecular formula is C25H22BrNO3. The van der Waals surface area contributed by atoms with Crippen LogP contribution in [0.2, 0.25) is 0 Å². The predicted octanol–water partition coefficient (Wildman–Crippen LogP) is 5.71. The Morgan fingerprint density at radius 3 is 2.57 bits per heavy atom. The maximum atomic E-state index is 13.0. The van der Waals surface area contributed by atoms with Crippen LogP contribution in [0.25, 0.3) is 6.08 Å². The van der Waals surface area contributed by atoms with E-state index in [1.165, 1.54) is 5.56 Å². The maximum absolute atomic E-state index is 13.0. The second-order valence-electron chi connectivity index (χ2n) is 7.55. The Morgan fingerprint density at radius 1 is 1.07 bits per heavy atom. The summed E-state index contributed by atoms with van der Waals surface area (Å²) >= 11 is 3.45. The molecule has 0 fully saturated rings. The van der Waals surface area contributed by atoms with Crippen LogP contribution in [0.3, 0.4) is 0 Å². The number of ether oxygens (including phenoxy) is 1. The molecule has 3 aromatic rings. The third-order valence-corrected chi connectivity index (χ3v) is 5.58. The molecule has 0 aliphatic carbocycles. The lowest BCUT2D eigenvalue weighted by Gasteiger charge is -2.19. The number of allylic oxidation sites excluding steroid dienone is 1. The van der Waals surface area contributed by atoms with Gasteiger partial charge in [-0.3, -0.25) is 9.69 Å². The van der Waals surface area contributed by atoms with Gasteiger partial charge < -0.3 is 9.84 Å². The standard InChI is InChI=1S/C25H22BrNO3/c1-16-11-21(28)20(15-27(2)14-17-7-4-3-5-8-17)25-23(16)24(29)22(30-25)13-18-9-6-10-19(26)12-18/h3-13,28H,14-15H2,1-2H3/b22-13-. The molecular weight excluding hydrogens is 442 g/mol. The smallest absolute Gasteiger partial charge is 0.232 e. The maximum Gasteiger partial charge on any atom is 0.232 e. The fraction of sp³-hybridized carbons (Fsp3) is 0.160. The van der Waals surface area contributed by atoms with Gasteiger partial charge >= 0.3 is 0 Å². The van der Waals surface area contributed by atoms with Crippen molar-refractivity contribution in [2.75, 3.05) is 7.05 Å². The molecule has 3 aromatic carbocycles. The number of phenols is 1. The molecule has 152 valence electrons. The molecule has 0 bridgehead atoms. The second kappa shape index (κ2) is 8.46. The summed E-state index contributed by atoms with van der Waals surface area (Å²) in [7, 11) is 1.98. The van der Waals surface area contributed by atoms with Gasteiger partial charge in [0.05, 0.1) is 11.1 Å². The first-order valence-corrected chi connectivity index (χ1v) is 10.5. The van der Waals surface area contributed by atoms with Gasteiger partial charge in [-0.15, -0.1) is 0 Å². The van der Waals surface area contributed by atoms with Crippen LogP contribution in [-0.2, 0) is 13.1 Å². The van der Waals surface area contributed by atoms with E-state index in [1.54, 1.807) is 12.1 Å². The van der Waals surface area contributed by atoms with Crippen LogP contribution in [0.15, 0.2) is 70.9 Å². The van der Waals surface area contributed by atoms with Crippen LogP contribution in [-0.4, -0.2) is 22.8 Å². The molecule has 4 rings (SSSR count). The van der Waals surface area contributed by atoms with Gasteiger partial charge in [-0.05, 0) is 54.9 Å². The Balaban J connectivity index is 1.65. The largest absolute Gasteiger partial charge is 0.507 e. The van der Waals surface area contributed by atoms with Crippen molar-refractivity contribution in [3.63, 3.8) is 0 Å². The number of hydrogen-bond donors (Lipinski definition) is 1. The summed E-state index contributed by atoms with van der Waals surface area (Å²) in [5.41, 5.74) is 3.90. The van der Waals surface area contributed by atoms with E-state index in [0.29, 0.717) is 29.0 Å². The summed E-state index contributed by atoms with van der Waals surface area (Å²) in [6.45, 7) is 3.00. The van der Waals surface area contributed by atoms with Crippen LogP contribution in [0.5, 0.6) is 11.5 Å². The van der Waals surface area contributed by atoms with Crippen molar-refractivity contribution in [2.24, 2.45) is 0 Å². The van der Waals surface area contributed by atoms with E-state index < -0.39 is 0 Å². The molecule has 0 atom stereocenters. The van der Waals surface area contributed by atoms with E-state index >= 15 is 0 Å². The SMILES string of the molecule is Cc1cc(O)c(CN(C)Cc2ccccc2)c2c1C(=O)/C(=C/c1cccc(Br)c1)O2. The molecule has 5 heteroatoms. The van der Waals surface area contributed by atoms with Gasteiger partial charge in [-0.2, -0.15) is 0 Å². The Morgan fingerprint density at radius 2 is 1.83 bits per heavy atom. The molecule has 30 heavy (non-hydrogen) atoms. The molecule has 1 N–H and O–H groups in total. The molecule has 0 saturated heterocycles. The number of fused-ring (bicyclic) bond motifs is 1. The molecule has 0 saturated carbocycles. The lowest BCUT2D eigenvalue weighted by atomic mass is 9.99. The van der Waals surface area contributed by atoms with Gasteiger partial charge in [0.25, 0.3) is 0 Å². The zero-order valence-electron chi connectivity index (χ0n) is 16.9. The average Bonchev–Trinajstić information content (AvgIpc) is 3.02. The minimum atomic E-state index is -0.158. The summed E-state index contributed by atoms with van der Waals surface area (Å²) in [5.74, 6) is 0.708. The summed E-state index contributed by atoms with van der Waals surface area (Å²) in [6, 6.07) is 19.4. The fourth-order valence-electron chi connectivity index (χ4n) is 3.70. The first-order valence-electron chi connectivity index (χ1n) is 9.70. The highest BCUT2D eigenvalue weighted by Gasteiger charge is 2.33. The van der Waals surface area contributed by atoms with E-state index in [0.717, 1.165) is 16.6 Å². The molecule has 0 amide bonds. The Kier molecular flexibility index (Phi) is 5.75. The first-order chi connectivity index (χ1) is 14.4. The lowest BCUT2D eigenvalue weighted by molar-refractivity contribution is 0.101. The number of carbonyl (C=O) groups is 1. The zero-order chi connectivity index (χ0) is 21.3. The van der Waals surface area contributed by atoms with Gasteiger partial charge in [-0.1, -0.05) is 58.4 Å². The van der Waals surface area contributed by atoms with Crippen LogP contribution in [0, 0.1) is 6.92 Å². The quantitative estimate of drug-likeness (QED) is 0.492. The third-order valence-electron chi connectivity index (χ3n) is 5.09. The number of nitrogens with zero attached hydrogens (tertiary/aromatic N) is 1. The molecule has 0 unspecified atom stereocenters. The van der Waals surface area contributed by atoms with E-state index in [1.807, 2.05) is 56.4 Å². The molecule has 1 aliphatic rings. The van der Waals surface area contributed by atoms with Crippen molar-refractivity contribution < 1.29 is 14.6 Å². The monoisotopic (exact) mass is 463 g/mol. The highest BCUT2D eigenvalue weighted by atomic mass is 79.9. The van der Waals surface area contributed by atoms with Crippen LogP contribution in [0.1, 0.15) is 32.6 Å². The summed E-state index contributed by atoms with van der Waals surface area (Å²) in [5, 5.41) is 10.6. The van der Waals surface area contributed by atoms with Crippen molar-refractivity contribution >= 4 is 27.8 Å². The van der Waals surface area contributed by atoms with Crippen LogP contribution >= 0.6 is 15.9 Å². The second-order valence-corrected chi connectivity index (χ2v) is 8.46. The third kappa shape index (κ3) is 4.18. The van der Waals surface area contributed by atoms with Crippen molar-refractivity contribution in [3.05, 3.63) is 98.7 Å². The van der Waals surface area contributed by atoms with Gasteiger partial charge in [0.1, 0.15) is 11.5 Å². The number of aryl methyl sites for hydroxylation is 1. The fourth-order valence-corrected chi connectivity index (χ4v) is 4.12. The molecule has 0 radical (unpaired) electrons. The predicted molar refractivity (Wildman–Crippen MR) is 122 cm³/mol. The van der Waals surface area contributed by atoms with Crippen molar-refractivity contribution in [1.29, 1.82) is 0 Å². The van der Waals surface area contributed by atoms with E-state index in [-0.39, 0.29) is 17.3 Å². The first kappa shape index (κ1) is 20.4. The Labute approximate surface area is 184 Å². The molecule has 1 heterocycles. The van der Waals surface area contributed by atoms with Crippen molar-refractivity contribution in [2.45, 2.75) is 20.0 Å². The minimum Gasteiger partial charge on any atom is -0.507 e. The lowest BCUT2D eigenvalue weighted by Crippen LogP contribution is -2.17. The topological polar surface area (TPSA) is 49.8 Å². The van der Waals surface area contributed by atoms with E-state index in [4.69, 9.17) is 4.74 Å².